The summed E-state index contributed by atoms with van der Waals surface area (Å²) in [5.41, 5.74) is 2.15. The van der Waals surface area contributed by atoms with Crippen molar-refractivity contribution in [3.05, 3.63) is 65.1 Å². The summed E-state index contributed by atoms with van der Waals surface area (Å²) in [6.07, 6.45) is 0. The zero-order chi connectivity index (χ0) is 17.8. The van der Waals surface area contributed by atoms with Gasteiger partial charge in [0.05, 0.1) is 12.8 Å². The zero-order valence-electron chi connectivity index (χ0n) is 13.7. The molecule has 3 rings (SSSR count). The van der Waals surface area contributed by atoms with Crippen molar-refractivity contribution in [2.75, 3.05) is 17.7 Å². The second kappa shape index (κ2) is 7.36. The monoisotopic (exact) mass is 358 g/mol. The van der Waals surface area contributed by atoms with E-state index in [1.165, 1.54) is 12.1 Å². The van der Waals surface area contributed by atoms with Crippen molar-refractivity contribution in [2.24, 2.45) is 0 Å². The van der Waals surface area contributed by atoms with Crippen molar-refractivity contribution in [1.29, 1.82) is 0 Å². The molecule has 0 spiro atoms. The van der Waals surface area contributed by atoms with Gasteiger partial charge in [0.1, 0.15) is 17.4 Å². The summed E-state index contributed by atoms with van der Waals surface area (Å²) < 4.78 is 18.3. The van der Waals surface area contributed by atoms with Gasteiger partial charge in [0, 0.05) is 22.5 Å². The lowest BCUT2D eigenvalue weighted by atomic mass is 10.3. The SMILES string of the molecule is COc1ccc(Cl)cc1Nc1cc(C)nc(Nc2ccc(F)cc2)n1. The lowest BCUT2D eigenvalue weighted by Gasteiger charge is -2.13. The van der Waals surface area contributed by atoms with Crippen LogP contribution in [0, 0.1) is 12.7 Å². The summed E-state index contributed by atoms with van der Waals surface area (Å²) in [6, 6.07) is 13.1. The number of anilines is 4. The number of aryl methyl sites for hydroxylation is 1. The predicted molar refractivity (Wildman–Crippen MR) is 97.7 cm³/mol. The Morgan fingerprint density at radius 1 is 1.00 bits per heavy atom. The number of hydrogen-bond acceptors (Lipinski definition) is 5. The highest BCUT2D eigenvalue weighted by molar-refractivity contribution is 6.31. The van der Waals surface area contributed by atoms with E-state index in [-0.39, 0.29) is 5.82 Å². The van der Waals surface area contributed by atoms with E-state index >= 15 is 0 Å². The highest BCUT2D eigenvalue weighted by Crippen LogP contribution is 2.30. The minimum absolute atomic E-state index is 0.300. The number of methoxy groups -OCH3 is 1. The number of aromatic nitrogens is 2. The van der Waals surface area contributed by atoms with Gasteiger partial charge in [0.2, 0.25) is 5.95 Å². The number of nitrogens with one attached hydrogen (secondary N) is 2. The second-order valence-electron chi connectivity index (χ2n) is 5.32. The molecule has 2 aromatic carbocycles. The standard InChI is InChI=1S/C18H16ClFN4O/c1-11-9-17(23-15-10-12(19)3-8-16(15)25-2)24-18(21-11)22-14-6-4-13(20)5-7-14/h3-10H,1-2H3,(H2,21,22,23,24). The third kappa shape index (κ3) is 4.36. The Labute approximate surface area is 149 Å². The molecule has 0 aliphatic heterocycles. The molecule has 3 aromatic rings. The van der Waals surface area contributed by atoms with Crippen LogP contribution in [-0.2, 0) is 0 Å². The van der Waals surface area contributed by atoms with Gasteiger partial charge >= 0.3 is 0 Å². The third-order valence-electron chi connectivity index (χ3n) is 3.38. The Morgan fingerprint density at radius 2 is 1.76 bits per heavy atom. The number of ether oxygens (including phenoxy) is 1. The maximum absolute atomic E-state index is 13.0. The van der Waals surface area contributed by atoms with Gasteiger partial charge in [-0.3, -0.25) is 0 Å². The van der Waals surface area contributed by atoms with Crippen LogP contribution >= 0.6 is 11.6 Å². The number of nitrogens with zero attached hydrogens (tertiary/aromatic N) is 2. The van der Waals surface area contributed by atoms with Crippen molar-refractivity contribution in [1.82, 2.24) is 9.97 Å². The molecule has 128 valence electrons. The molecule has 7 heteroatoms. The van der Waals surface area contributed by atoms with Gasteiger partial charge in [0.15, 0.2) is 0 Å². The normalized spacial score (nSPS) is 10.4. The topological polar surface area (TPSA) is 59.1 Å². The van der Waals surface area contributed by atoms with Crippen molar-refractivity contribution < 1.29 is 9.13 Å². The van der Waals surface area contributed by atoms with Gasteiger partial charge in [-0.1, -0.05) is 11.6 Å². The Morgan fingerprint density at radius 3 is 2.48 bits per heavy atom. The van der Waals surface area contributed by atoms with Crippen LogP contribution < -0.4 is 15.4 Å². The predicted octanol–water partition coefficient (Wildman–Crippen LogP) is 5.07. The minimum Gasteiger partial charge on any atom is -0.495 e. The van der Waals surface area contributed by atoms with Gasteiger partial charge in [-0.15, -0.1) is 0 Å². The summed E-state index contributed by atoms with van der Waals surface area (Å²) in [5.74, 6) is 1.33. The molecule has 0 bridgehead atoms. The van der Waals surface area contributed by atoms with E-state index in [4.69, 9.17) is 16.3 Å². The van der Waals surface area contributed by atoms with Crippen molar-refractivity contribution in [3.63, 3.8) is 0 Å². The lowest BCUT2D eigenvalue weighted by Crippen LogP contribution is -2.03. The summed E-state index contributed by atoms with van der Waals surface area (Å²) in [4.78, 5) is 8.77. The van der Waals surface area contributed by atoms with Crippen molar-refractivity contribution in [2.45, 2.75) is 6.92 Å². The van der Waals surface area contributed by atoms with E-state index in [2.05, 4.69) is 20.6 Å². The molecule has 0 amide bonds. The molecule has 1 aromatic heterocycles. The zero-order valence-corrected chi connectivity index (χ0v) is 14.4. The lowest BCUT2D eigenvalue weighted by molar-refractivity contribution is 0.417. The van der Waals surface area contributed by atoms with Crippen LogP contribution in [0.3, 0.4) is 0 Å². The average molecular weight is 359 g/mol. The first kappa shape index (κ1) is 17.0. The molecule has 2 N–H and O–H groups in total. The fraction of sp³-hybridized carbons (Fsp3) is 0.111. The molecule has 0 saturated heterocycles. The van der Waals surface area contributed by atoms with E-state index in [0.717, 1.165) is 5.69 Å². The number of rotatable bonds is 5. The molecule has 0 unspecified atom stereocenters. The third-order valence-corrected chi connectivity index (χ3v) is 3.61. The molecule has 1 heterocycles. The number of benzene rings is 2. The highest BCUT2D eigenvalue weighted by Gasteiger charge is 2.08. The molecule has 25 heavy (non-hydrogen) atoms. The highest BCUT2D eigenvalue weighted by atomic mass is 35.5. The van der Waals surface area contributed by atoms with E-state index < -0.39 is 0 Å². The van der Waals surface area contributed by atoms with Crippen LogP contribution in [0.25, 0.3) is 0 Å². The first-order valence-corrected chi connectivity index (χ1v) is 7.90. The molecule has 0 atom stereocenters. The number of hydrogen-bond donors (Lipinski definition) is 2. The second-order valence-corrected chi connectivity index (χ2v) is 5.76. The first-order valence-electron chi connectivity index (χ1n) is 7.52. The van der Waals surface area contributed by atoms with E-state index in [1.54, 1.807) is 43.5 Å². The minimum atomic E-state index is -0.300. The summed E-state index contributed by atoms with van der Waals surface area (Å²) >= 11 is 6.05. The van der Waals surface area contributed by atoms with E-state index in [9.17, 15) is 4.39 Å². The molecule has 0 aliphatic rings. The van der Waals surface area contributed by atoms with Crippen LogP contribution in [-0.4, -0.2) is 17.1 Å². The van der Waals surface area contributed by atoms with Crippen LogP contribution in [0.15, 0.2) is 48.5 Å². The van der Waals surface area contributed by atoms with Crippen LogP contribution in [0.5, 0.6) is 5.75 Å². The summed E-state index contributed by atoms with van der Waals surface area (Å²) in [6.45, 7) is 1.86. The molecular formula is C18H16ClFN4O. The molecule has 5 nitrogen and oxygen atoms in total. The van der Waals surface area contributed by atoms with Crippen LogP contribution in [0.2, 0.25) is 5.02 Å². The smallest absolute Gasteiger partial charge is 0.229 e. The molecule has 0 fully saturated rings. The average Bonchev–Trinajstić information content (AvgIpc) is 2.57. The maximum Gasteiger partial charge on any atom is 0.229 e. The first-order chi connectivity index (χ1) is 12.0. The molecular weight excluding hydrogens is 343 g/mol. The molecule has 0 saturated carbocycles. The van der Waals surface area contributed by atoms with Gasteiger partial charge < -0.3 is 15.4 Å². The quantitative estimate of drug-likeness (QED) is 0.666. The molecule has 0 radical (unpaired) electrons. The van der Waals surface area contributed by atoms with Gasteiger partial charge in [0.25, 0.3) is 0 Å². The Balaban J connectivity index is 1.87. The fourth-order valence-electron chi connectivity index (χ4n) is 2.27. The van der Waals surface area contributed by atoms with E-state index in [0.29, 0.717) is 33.9 Å². The Bertz CT molecular complexity index is 887. The van der Waals surface area contributed by atoms with Gasteiger partial charge in [-0.05, 0) is 49.4 Å². The summed E-state index contributed by atoms with van der Waals surface area (Å²) in [5, 5.41) is 6.81. The van der Waals surface area contributed by atoms with Crippen molar-refractivity contribution in [3.8, 4) is 5.75 Å². The van der Waals surface area contributed by atoms with Gasteiger partial charge in [-0.2, -0.15) is 4.98 Å². The van der Waals surface area contributed by atoms with Crippen LogP contribution in [0.4, 0.5) is 27.5 Å². The molecule has 0 aliphatic carbocycles. The van der Waals surface area contributed by atoms with Crippen LogP contribution in [0.1, 0.15) is 5.69 Å². The number of halogens is 2. The Hall–Kier alpha value is -2.86. The Kier molecular flexibility index (Phi) is 5.00. The van der Waals surface area contributed by atoms with E-state index in [1.807, 2.05) is 6.92 Å². The maximum atomic E-state index is 13.0. The van der Waals surface area contributed by atoms with Crippen molar-refractivity contribution >= 4 is 34.7 Å². The largest absolute Gasteiger partial charge is 0.495 e. The summed E-state index contributed by atoms with van der Waals surface area (Å²) in [7, 11) is 1.58. The van der Waals surface area contributed by atoms with Gasteiger partial charge in [-0.25, -0.2) is 9.37 Å². The fourth-order valence-corrected chi connectivity index (χ4v) is 2.44.